The first-order chi connectivity index (χ1) is 8.25. The van der Waals surface area contributed by atoms with Crippen LogP contribution in [0.5, 0.6) is 0 Å². The molecule has 1 unspecified atom stereocenters. The van der Waals surface area contributed by atoms with Crippen molar-refractivity contribution >= 4 is 0 Å². The molecular weight excluding hydrogens is 246 g/mol. The molecule has 1 atom stereocenters. The lowest BCUT2D eigenvalue weighted by Crippen LogP contribution is -2.20. The topological polar surface area (TPSA) is 12.0 Å². The average molecular weight is 261 g/mol. The van der Waals surface area contributed by atoms with Gasteiger partial charge in [-0.25, -0.2) is 4.39 Å². The molecule has 1 nitrogen and oxygen atoms in total. The van der Waals surface area contributed by atoms with Gasteiger partial charge in [-0.3, -0.25) is 0 Å². The van der Waals surface area contributed by atoms with E-state index in [1.165, 1.54) is 7.05 Å². The van der Waals surface area contributed by atoms with Gasteiger partial charge in [0.25, 0.3) is 0 Å². The van der Waals surface area contributed by atoms with Crippen molar-refractivity contribution in [1.29, 1.82) is 0 Å². The second kappa shape index (κ2) is 5.52. The van der Waals surface area contributed by atoms with Crippen LogP contribution < -0.4 is 5.32 Å². The van der Waals surface area contributed by atoms with Gasteiger partial charge >= 0.3 is 6.18 Å². The number of rotatable bonds is 3. The van der Waals surface area contributed by atoms with Gasteiger partial charge in [0, 0.05) is 0 Å². The molecule has 0 aromatic heterocycles. The second-order valence-corrected chi connectivity index (χ2v) is 4.24. The van der Waals surface area contributed by atoms with Crippen LogP contribution in [0.25, 0.3) is 0 Å². The SMILES string of the molecule is CNC(C=C(C)C)c1cc(F)ccc1C(F)(F)F. The van der Waals surface area contributed by atoms with Crippen LogP contribution in [0.1, 0.15) is 31.0 Å². The molecule has 1 aromatic rings. The van der Waals surface area contributed by atoms with E-state index in [0.717, 1.165) is 23.8 Å². The molecule has 0 saturated heterocycles. The molecule has 0 aliphatic rings. The van der Waals surface area contributed by atoms with Crippen molar-refractivity contribution in [3.05, 3.63) is 46.8 Å². The molecule has 1 aromatic carbocycles. The minimum atomic E-state index is -4.49. The van der Waals surface area contributed by atoms with E-state index < -0.39 is 23.6 Å². The highest BCUT2D eigenvalue weighted by Gasteiger charge is 2.34. The van der Waals surface area contributed by atoms with Crippen LogP contribution in [0.4, 0.5) is 17.6 Å². The molecule has 18 heavy (non-hydrogen) atoms. The minimum absolute atomic E-state index is 0.105. The zero-order chi connectivity index (χ0) is 13.9. The Morgan fingerprint density at radius 2 is 1.89 bits per heavy atom. The molecule has 1 rings (SSSR count). The Labute approximate surface area is 104 Å². The average Bonchev–Trinajstić information content (AvgIpc) is 2.23. The van der Waals surface area contributed by atoms with E-state index in [1.54, 1.807) is 19.9 Å². The Bertz CT molecular complexity index is 445. The molecule has 0 spiro atoms. The molecule has 0 saturated carbocycles. The lowest BCUT2D eigenvalue weighted by atomic mass is 9.98. The van der Waals surface area contributed by atoms with E-state index in [9.17, 15) is 17.6 Å². The predicted molar refractivity (Wildman–Crippen MR) is 62.6 cm³/mol. The van der Waals surface area contributed by atoms with Crippen LogP contribution in [0, 0.1) is 5.82 Å². The second-order valence-electron chi connectivity index (χ2n) is 4.24. The van der Waals surface area contributed by atoms with E-state index in [-0.39, 0.29) is 5.56 Å². The summed E-state index contributed by atoms with van der Waals surface area (Å²) < 4.78 is 51.7. The summed E-state index contributed by atoms with van der Waals surface area (Å²) in [7, 11) is 1.54. The monoisotopic (exact) mass is 261 g/mol. The van der Waals surface area contributed by atoms with Gasteiger partial charge in [0.05, 0.1) is 11.6 Å². The highest BCUT2D eigenvalue weighted by Crippen LogP contribution is 2.35. The molecule has 0 fully saturated rings. The normalized spacial score (nSPS) is 13.3. The van der Waals surface area contributed by atoms with Gasteiger partial charge < -0.3 is 5.32 Å². The van der Waals surface area contributed by atoms with Gasteiger partial charge in [-0.15, -0.1) is 0 Å². The van der Waals surface area contributed by atoms with Crippen molar-refractivity contribution < 1.29 is 17.6 Å². The Morgan fingerprint density at radius 1 is 1.28 bits per heavy atom. The van der Waals surface area contributed by atoms with E-state index in [2.05, 4.69) is 5.32 Å². The molecule has 5 heteroatoms. The minimum Gasteiger partial charge on any atom is -0.310 e. The summed E-state index contributed by atoms with van der Waals surface area (Å²) in [5.41, 5.74) is -0.0707. The van der Waals surface area contributed by atoms with Crippen molar-refractivity contribution in [1.82, 2.24) is 5.32 Å². The van der Waals surface area contributed by atoms with Crippen LogP contribution in [-0.2, 0) is 6.18 Å². The van der Waals surface area contributed by atoms with E-state index in [4.69, 9.17) is 0 Å². The van der Waals surface area contributed by atoms with Gasteiger partial charge in [0.15, 0.2) is 0 Å². The van der Waals surface area contributed by atoms with Crippen LogP contribution in [0.15, 0.2) is 29.8 Å². The summed E-state index contributed by atoms with van der Waals surface area (Å²) in [5, 5.41) is 2.75. The lowest BCUT2D eigenvalue weighted by Gasteiger charge is -2.19. The number of hydrogen-bond acceptors (Lipinski definition) is 1. The molecule has 0 radical (unpaired) electrons. The third-order valence-electron chi connectivity index (χ3n) is 2.47. The third-order valence-corrected chi connectivity index (χ3v) is 2.47. The molecule has 0 aliphatic carbocycles. The molecule has 1 N–H and O–H groups in total. The fourth-order valence-electron chi connectivity index (χ4n) is 1.71. The van der Waals surface area contributed by atoms with Crippen molar-refractivity contribution in [2.24, 2.45) is 0 Å². The predicted octanol–water partition coefficient (Wildman–Crippen LogP) is 4.07. The number of hydrogen-bond donors (Lipinski definition) is 1. The first-order valence-electron chi connectivity index (χ1n) is 5.44. The zero-order valence-corrected chi connectivity index (χ0v) is 10.4. The molecule has 0 aliphatic heterocycles. The molecule has 0 bridgehead atoms. The zero-order valence-electron chi connectivity index (χ0n) is 10.4. The Hall–Kier alpha value is -1.36. The highest BCUT2D eigenvalue weighted by atomic mass is 19.4. The maximum atomic E-state index is 13.2. The van der Waals surface area contributed by atoms with Gasteiger partial charge in [0.1, 0.15) is 5.82 Å². The number of halogens is 4. The molecule has 0 heterocycles. The summed E-state index contributed by atoms with van der Waals surface area (Å²) in [6, 6.07) is 1.85. The fraction of sp³-hybridized carbons (Fsp3) is 0.385. The van der Waals surface area contributed by atoms with Gasteiger partial charge in [-0.2, -0.15) is 13.2 Å². The van der Waals surface area contributed by atoms with E-state index in [1.807, 2.05) is 0 Å². The Kier molecular flexibility index (Phi) is 4.51. The number of alkyl halides is 3. The summed E-state index contributed by atoms with van der Waals surface area (Å²) in [4.78, 5) is 0. The summed E-state index contributed by atoms with van der Waals surface area (Å²) in [6.45, 7) is 3.55. The summed E-state index contributed by atoms with van der Waals surface area (Å²) in [6.07, 6.45) is -2.86. The maximum Gasteiger partial charge on any atom is 0.416 e. The van der Waals surface area contributed by atoms with Crippen LogP contribution in [0.2, 0.25) is 0 Å². The first kappa shape index (κ1) is 14.7. The fourth-order valence-corrected chi connectivity index (χ4v) is 1.71. The van der Waals surface area contributed by atoms with Gasteiger partial charge in [-0.1, -0.05) is 11.6 Å². The quantitative estimate of drug-likeness (QED) is 0.638. The first-order valence-corrected chi connectivity index (χ1v) is 5.44. The van der Waals surface area contributed by atoms with E-state index >= 15 is 0 Å². The third kappa shape index (κ3) is 3.57. The van der Waals surface area contributed by atoms with Gasteiger partial charge in [-0.05, 0) is 44.7 Å². The van der Waals surface area contributed by atoms with Crippen molar-refractivity contribution in [2.75, 3.05) is 7.05 Å². The smallest absolute Gasteiger partial charge is 0.310 e. The maximum absolute atomic E-state index is 13.2. The standard InChI is InChI=1S/C13H15F4N/c1-8(2)6-12(18-3)10-7-9(14)4-5-11(10)13(15,16)17/h4-7,12,18H,1-3H3. The summed E-state index contributed by atoms with van der Waals surface area (Å²) in [5.74, 6) is -0.680. The highest BCUT2D eigenvalue weighted by molar-refractivity contribution is 5.35. The van der Waals surface area contributed by atoms with Crippen LogP contribution in [-0.4, -0.2) is 7.05 Å². The summed E-state index contributed by atoms with van der Waals surface area (Å²) >= 11 is 0. The number of allylic oxidation sites excluding steroid dienone is 1. The van der Waals surface area contributed by atoms with Gasteiger partial charge in [0.2, 0.25) is 0 Å². The molecule has 0 amide bonds. The molecule has 100 valence electrons. The number of likely N-dealkylation sites (N-methyl/N-ethyl adjacent to an activating group) is 1. The van der Waals surface area contributed by atoms with Crippen molar-refractivity contribution in [2.45, 2.75) is 26.1 Å². The van der Waals surface area contributed by atoms with Crippen LogP contribution in [0.3, 0.4) is 0 Å². The van der Waals surface area contributed by atoms with Crippen LogP contribution >= 0.6 is 0 Å². The van der Waals surface area contributed by atoms with Crippen molar-refractivity contribution in [3.63, 3.8) is 0 Å². The van der Waals surface area contributed by atoms with Crippen molar-refractivity contribution in [3.8, 4) is 0 Å². The lowest BCUT2D eigenvalue weighted by molar-refractivity contribution is -0.138. The molecular formula is C13H15F4N. The van der Waals surface area contributed by atoms with E-state index in [0.29, 0.717) is 0 Å². The number of benzene rings is 1. The number of nitrogens with one attached hydrogen (secondary N) is 1. The Morgan fingerprint density at radius 3 is 2.33 bits per heavy atom. The Balaban J connectivity index is 3.36. The largest absolute Gasteiger partial charge is 0.416 e.